The van der Waals surface area contributed by atoms with E-state index in [1.165, 1.54) is 5.56 Å². The average molecular weight is 420 g/mol. The Hall–Kier alpha value is -2.32. The Labute approximate surface area is 180 Å². The molecule has 168 valence electrons. The molecule has 8 heteroatoms. The first-order valence-corrected chi connectivity index (χ1v) is 10.7. The van der Waals surface area contributed by atoms with Crippen LogP contribution in [0.25, 0.3) is 0 Å². The van der Waals surface area contributed by atoms with Crippen molar-refractivity contribution >= 4 is 11.9 Å². The number of benzene rings is 1. The Bertz CT molecular complexity index is 657. The maximum atomic E-state index is 12.0. The molecule has 1 aromatic rings. The van der Waals surface area contributed by atoms with Crippen LogP contribution in [0.3, 0.4) is 0 Å². The van der Waals surface area contributed by atoms with E-state index in [-0.39, 0.29) is 18.5 Å². The van der Waals surface area contributed by atoms with E-state index >= 15 is 0 Å². The van der Waals surface area contributed by atoms with E-state index in [0.29, 0.717) is 12.5 Å². The lowest BCUT2D eigenvalue weighted by molar-refractivity contribution is -0.127. The summed E-state index contributed by atoms with van der Waals surface area (Å²) >= 11 is 0. The third-order valence-corrected chi connectivity index (χ3v) is 5.14. The SMILES string of the molecule is CCCCNC(=NCC(=O)N(C)C)NCC(c1ccc(OC)cc1)N1CCOCC1. The molecule has 1 atom stereocenters. The van der Waals surface area contributed by atoms with E-state index in [9.17, 15) is 4.79 Å². The normalized spacial score (nSPS) is 16.1. The van der Waals surface area contributed by atoms with Crippen LogP contribution in [0.1, 0.15) is 31.4 Å². The first-order chi connectivity index (χ1) is 14.5. The number of methoxy groups -OCH3 is 1. The number of morpholine rings is 1. The molecule has 0 aromatic heterocycles. The van der Waals surface area contributed by atoms with E-state index in [4.69, 9.17) is 9.47 Å². The topological polar surface area (TPSA) is 78.4 Å². The summed E-state index contributed by atoms with van der Waals surface area (Å²) in [6, 6.07) is 8.37. The van der Waals surface area contributed by atoms with Gasteiger partial charge in [-0.05, 0) is 24.1 Å². The van der Waals surface area contributed by atoms with Gasteiger partial charge in [0.15, 0.2) is 5.96 Å². The molecule has 2 rings (SSSR count). The maximum absolute atomic E-state index is 12.0. The van der Waals surface area contributed by atoms with Crippen LogP contribution in [0.5, 0.6) is 5.75 Å². The fourth-order valence-corrected chi connectivity index (χ4v) is 3.21. The van der Waals surface area contributed by atoms with E-state index in [2.05, 4.69) is 39.6 Å². The zero-order chi connectivity index (χ0) is 21.8. The number of guanidine groups is 1. The van der Waals surface area contributed by atoms with Gasteiger partial charge in [-0.1, -0.05) is 25.5 Å². The summed E-state index contributed by atoms with van der Waals surface area (Å²) in [5.41, 5.74) is 1.21. The van der Waals surface area contributed by atoms with Gasteiger partial charge in [-0.25, -0.2) is 4.99 Å². The fraction of sp³-hybridized carbons (Fsp3) is 0.636. The van der Waals surface area contributed by atoms with Gasteiger partial charge in [-0.15, -0.1) is 0 Å². The summed E-state index contributed by atoms with van der Waals surface area (Å²) in [4.78, 5) is 20.4. The largest absolute Gasteiger partial charge is 0.497 e. The average Bonchev–Trinajstić information content (AvgIpc) is 2.78. The van der Waals surface area contributed by atoms with Gasteiger partial charge in [-0.2, -0.15) is 0 Å². The number of likely N-dealkylation sites (N-methyl/N-ethyl adjacent to an activating group) is 1. The van der Waals surface area contributed by atoms with Crippen LogP contribution in [-0.4, -0.2) is 88.8 Å². The Kier molecular flexibility index (Phi) is 10.4. The lowest BCUT2D eigenvalue weighted by Gasteiger charge is -2.35. The smallest absolute Gasteiger partial charge is 0.243 e. The molecule has 30 heavy (non-hydrogen) atoms. The van der Waals surface area contributed by atoms with Crippen LogP contribution < -0.4 is 15.4 Å². The minimum absolute atomic E-state index is 0.0218. The third kappa shape index (κ3) is 7.84. The molecule has 1 heterocycles. The number of carbonyl (C=O) groups excluding carboxylic acids is 1. The molecule has 0 saturated carbocycles. The summed E-state index contributed by atoms with van der Waals surface area (Å²) in [7, 11) is 5.16. The minimum atomic E-state index is -0.0218. The first-order valence-electron chi connectivity index (χ1n) is 10.7. The second-order valence-electron chi connectivity index (χ2n) is 7.55. The summed E-state index contributed by atoms with van der Waals surface area (Å²) in [5.74, 6) is 1.50. The van der Waals surface area contributed by atoms with Crippen molar-refractivity contribution in [3.05, 3.63) is 29.8 Å². The second-order valence-corrected chi connectivity index (χ2v) is 7.55. The summed E-state index contributed by atoms with van der Waals surface area (Å²) in [5, 5.41) is 6.80. The number of unbranched alkanes of at least 4 members (excludes halogenated alkanes) is 1. The van der Waals surface area contributed by atoms with E-state index in [1.807, 2.05) is 12.1 Å². The molecule has 1 aromatic carbocycles. The van der Waals surface area contributed by atoms with Crippen molar-refractivity contribution in [1.82, 2.24) is 20.4 Å². The highest BCUT2D eigenvalue weighted by molar-refractivity contribution is 5.84. The summed E-state index contributed by atoms with van der Waals surface area (Å²) < 4.78 is 10.8. The first kappa shape index (κ1) is 24.0. The highest BCUT2D eigenvalue weighted by atomic mass is 16.5. The number of nitrogens with one attached hydrogen (secondary N) is 2. The predicted octanol–water partition coefficient (Wildman–Crippen LogP) is 1.49. The van der Waals surface area contributed by atoms with Crippen molar-refractivity contribution in [3.63, 3.8) is 0 Å². The van der Waals surface area contributed by atoms with Crippen LogP contribution >= 0.6 is 0 Å². The molecule has 1 fully saturated rings. The number of rotatable bonds is 10. The zero-order valence-electron chi connectivity index (χ0n) is 18.8. The molecule has 1 amide bonds. The van der Waals surface area contributed by atoms with Gasteiger partial charge >= 0.3 is 0 Å². The zero-order valence-corrected chi connectivity index (χ0v) is 18.8. The molecule has 1 aliphatic rings. The number of ether oxygens (including phenoxy) is 2. The van der Waals surface area contributed by atoms with Crippen LogP contribution in [0, 0.1) is 0 Å². The molecule has 1 aliphatic heterocycles. The lowest BCUT2D eigenvalue weighted by Crippen LogP contribution is -2.46. The number of hydrogen-bond donors (Lipinski definition) is 2. The van der Waals surface area contributed by atoms with Gasteiger partial charge in [0.25, 0.3) is 0 Å². The van der Waals surface area contributed by atoms with Gasteiger partial charge in [0.1, 0.15) is 12.3 Å². The monoisotopic (exact) mass is 419 g/mol. The molecule has 2 N–H and O–H groups in total. The van der Waals surface area contributed by atoms with Gasteiger partial charge in [0.2, 0.25) is 5.91 Å². The molecule has 0 spiro atoms. The van der Waals surface area contributed by atoms with Crippen LogP contribution in [-0.2, 0) is 9.53 Å². The summed E-state index contributed by atoms with van der Waals surface area (Å²) in [6.45, 7) is 7.02. The standard InChI is InChI=1S/C22H37N5O3/c1-5-6-11-23-22(25-17-21(28)26(2)3)24-16-20(27-12-14-30-15-13-27)18-7-9-19(29-4)10-8-18/h7-10,20H,5-6,11-17H2,1-4H3,(H2,23,24,25). The van der Waals surface area contributed by atoms with Crippen molar-refractivity contribution in [2.45, 2.75) is 25.8 Å². The Balaban J connectivity index is 2.11. The van der Waals surface area contributed by atoms with Crippen molar-refractivity contribution in [2.75, 3.05) is 67.1 Å². The van der Waals surface area contributed by atoms with Gasteiger partial charge < -0.3 is 25.0 Å². The number of carbonyl (C=O) groups is 1. The van der Waals surface area contributed by atoms with Crippen LogP contribution in [0.2, 0.25) is 0 Å². The highest BCUT2D eigenvalue weighted by Crippen LogP contribution is 2.23. The van der Waals surface area contributed by atoms with Gasteiger partial charge in [0, 0.05) is 40.3 Å². The van der Waals surface area contributed by atoms with E-state index < -0.39 is 0 Å². The van der Waals surface area contributed by atoms with Crippen molar-refractivity contribution in [3.8, 4) is 5.75 Å². The molecule has 1 saturated heterocycles. The molecular weight excluding hydrogens is 382 g/mol. The van der Waals surface area contributed by atoms with Crippen LogP contribution in [0.15, 0.2) is 29.3 Å². The second kappa shape index (κ2) is 13.1. The number of amides is 1. The maximum Gasteiger partial charge on any atom is 0.243 e. The minimum Gasteiger partial charge on any atom is -0.497 e. The van der Waals surface area contributed by atoms with E-state index in [1.54, 1.807) is 26.1 Å². The quantitative estimate of drug-likeness (QED) is 0.340. The fourth-order valence-electron chi connectivity index (χ4n) is 3.21. The number of nitrogens with zero attached hydrogens (tertiary/aromatic N) is 3. The van der Waals surface area contributed by atoms with Crippen molar-refractivity contribution in [2.24, 2.45) is 4.99 Å². The molecule has 8 nitrogen and oxygen atoms in total. The third-order valence-electron chi connectivity index (χ3n) is 5.14. The highest BCUT2D eigenvalue weighted by Gasteiger charge is 2.23. The Morgan fingerprint density at radius 1 is 1.23 bits per heavy atom. The van der Waals surface area contributed by atoms with Gasteiger partial charge in [0.05, 0.1) is 26.4 Å². The molecule has 0 bridgehead atoms. The summed E-state index contributed by atoms with van der Waals surface area (Å²) in [6.07, 6.45) is 2.15. The molecule has 0 radical (unpaired) electrons. The Morgan fingerprint density at radius 2 is 1.93 bits per heavy atom. The van der Waals surface area contributed by atoms with Gasteiger partial charge in [-0.3, -0.25) is 9.69 Å². The number of hydrogen-bond acceptors (Lipinski definition) is 5. The predicted molar refractivity (Wildman–Crippen MR) is 120 cm³/mol. The van der Waals surface area contributed by atoms with Crippen molar-refractivity contribution in [1.29, 1.82) is 0 Å². The molecule has 0 aliphatic carbocycles. The van der Waals surface area contributed by atoms with Crippen molar-refractivity contribution < 1.29 is 14.3 Å². The lowest BCUT2D eigenvalue weighted by atomic mass is 10.0. The van der Waals surface area contributed by atoms with E-state index in [0.717, 1.165) is 51.4 Å². The van der Waals surface area contributed by atoms with Crippen LogP contribution in [0.4, 0.5) is 0 Å². The number of aliphatic imine (C=N–C) groups is 1. The molecule has 1 unspecified atom stereocenters. The Morgan fingerprint density at radius 3 is 2.53 bits per heavy atom. The molecular formula is C22H37N5O3.